The van der Waals surface area contributed by atoms with Crippen LogP contribution in [-0.2, 0) is 10.0 Å². The Labute approximate surface area is 74.4 Å². The van der Waals surface area contributed by atoms with Crippen LogP contribution in [-0.4, -0.2) is 30.1 Å². The number of nitrogens with one attached hydrogen (secondary N) is 1. The summed E-state index contributed by atoms with van der Waals surface area (Å²) in [6.45, 7) is 0. The van der Waals surface area contributed by atoms with Crippen molar-refractivity contribution in [3.8, 4) is 0 Å². The summed E-state index contributed by atoms with van der Waals surface area (Å²) >= 11 is 0. The molecule has 72 valence electrons. The molecule has 0 spiro atoms. The maximum atomic E-state index is 11.2. The summed E-state index contributed by atoms with van der Waals surface area (Å²) in [6.07, 6.45) is 1.02. The normalized spacial score (nSPS) is 11.9. The standard InChI is InChI=1S/C6H8N2O4S/c1-8(10)13(11,12)5-2-3-6(9)7-4-5/h2-4,10H,1H3,(H,7,9). The van der Waals surface area contributed by atoms with E-state index in [-0.39, 0.29) is 9.36 Å². The summed E-state index contributed by atoms with van der Waals surface area (Å²) in [5.41, 5.74) is -0.403. The van der Waals surface area contributed by atoms with Crippen molar-refractivity contribution >= 4 is 10.0 Å². The van der Waals surface area contributed by atoms with Crippen LogP contribution in [0.1, 0.15) is 0 Å². The van der Waals surface area contributed by atoms with Crippen LogP contribution < -0.4 is 5.56 Å². The summed E-state index contributed by atoms with van der Waals surface area (Å²) in [6, 6.07) is 2.18. The van der Waals surface area contributed by atoms with E-state index in [0.717, 1.165) is 25.4 Å². The summed E-state index contributed by atoms with van der Waals surface area (Å²) in [5.74, 6) is 0. The molecule has 13 heavy (non-hydrogen) atoms. The monoisotopic (exact) mass is 204 g/mol. The average molecular weight is 204 g/mol. The van der Waals surface area contributed by atoms with Crippen molar-refractivity contribution in [1.82, 2.24) is 9.45 Å². The Morgan fingerprint density at radius 2 is 2.08 bits per heavy atom. The third-order valence-corrected chi connectivity index (χ3v) is 2.95. The smallest absolute Gasteiger partial charge is 0.265 e. The quantitative estimate of drug-likeness (QED) is 0.628. The number of H-pyrrole nitrogens is 1. The van der Waals surface area contributed by atoms with Crippen LogP contribution in [0.25, 0.3) is 0 Å². The highest BCUT2D eigenvalue weighted by Crippen LogP contribution is 2.08. The van der Waals surface area contributed by atoms with Crippen molar-refractivity contribution in [2.75, 3.05) is 7.05 Å². The molecule has 0 aliphatic heterocycles. The van der Waals surface area contributed by atoms with Gasteiger partial charge in [-0.25, -0.2) is 8.42 Å². The summed E-state index contributed by atoms with van der Waals surface area (Å²) in [7, 11) is -2.89. The number of sulfonamides is 1. The van der Waals surface area contributed by atoms with Gasteiger partial charge in [0.2, 0.25) is 5.56 Å². The van der Waals surface area contributed by atoms with Gasteiger partial charge in [-0.05, 0) is 6.07 Å². The third-order valence-electron chi connectivity index (χ3n) is 1.40. The second-order valence-corrected chi connectivity index (χ2v) is 4.28. The van der Waals surface area contributed by atoms with E-state index >= 15 is 0 Å². The molecule has 0 atom stereocenters. The van der Waals surface area contributed by atoms with Crippen molar-refractivity contribution in [1.29, 1.82) is 0 Å². The first-order valence-electron chi connectivity index (χ1n) is 3.31. The lowest BCUT2D eigenvalue weighted by Crippen LogP contribution is -2.23. The van der Waals surface area contributed by atoms with Crippen LogP contribution in [0.2, 0.25) is 0 Å². The van der Waals surface area contributed by atoms with Crippen molar-refractivity contribution < 1.29 is 13.6 Å². The predicted molar refractivity (Wildman–Crippen MR) is 43.8 cm³/mol. The second kappa shape index (κ2) is 3.29. The number of pyridine rings is 1. The minimum Gasteiger partial charge on any atom is -0.328 e. The van der Waals surface area contributed by atoms with Crippen LogP contribution in [0.15, 0.2) is 28.0 Å². The van der Waals surface area contributed by atoms with Gasteiger partial charge >= 0.3 is 0 Å². The van der Waals surface area contributed by atoms with Gasteiger partial charge in [0.1, 0.15) is 4.90 Å². The van der Waals surface area contributed by atoms with Crippen LogP contribution >= 0.6 is 0 Å². The highest BCUT2D eigenvalue weighted by Gasteiger charge is 2.18. The third kappa shape index (κ3) is 1.94. The minimum atomic E-state index is -3.87. The van der Waals surface area contributed by atoms with Gasteiger partial charge < -0.3 is 4.98 Å². The van der Waals surface area contributed by atoms with Crippen molar-refractivity contribution in [2.24, 2.45) is 0 Å². The lowest BCUT2D eigenvalue weighted by Gasteiger charge is -2.08. The van der Waals surface area contributed by atoms with Gasteiger partial charge in [0.25, 0.3) is 10.0 Å². The zero-order valence-electron chi connectivity index (χ0n) is 6.76. The van der Waals surface area contributed by atoms with Gasteiger partial charge in [-0.15, -0.1) is 0 Å². The summed E-state index contributed by atoms with van der Waals surface area (Å²) < 4.78 is 22.5. The average Bonchev–Trinajstić information content (AvgIpc) is 2.04. The fourth-order valence-corrected chi connectivity index (χ4v) is 1.46. The molecule has 1 aromatic heterocycles. The fraction of sp³-hybridized carbons (Fsp3) is 0.167. The lowest BCUT2D eigenvalue weighted by molar-refractivity contribution is 0.0310. The van der Waals surface area contributed by atoms with Gasteiger partial charge in [0.05, 0.1) is 0 Å². The molecule has 1 heterocycles. The Balaban J connectivity index is 3.25. The van der Waals surface area contributed by atoms with E-state index in [1.807, 2.05) is 0 Å². The molecule has 0 fully saturated rings. The van der Waals surface area contributed by atoms with E-state index in [1.54, 1.807) is 0 Å². The zero-order chi connectivity index (χ0) is 10.1. The molecule has 0 bridgehead atoms. The second-order valence-electron chi connectivity index (χ2n) is 2.33. The van der Waals surface area contributed by atoms with E-state index in [4.69, 9.17) is 5.21 Å². The fourth-order valence-electron chi connectivity index (χ4n) is 0.709. The number of hydrogen-bond acceptors (Lipinski definition) is 4. The van der Waals surface area contributed by atoms with E-state index < -0.39 is 15.6 Å². The molecule has 0 unspecified atom stereocenters. The van der Waals surface area contributed by atoms with Crippen LogP contribution in [0.3, 0.4) is 0 Å². The number of aromatic amines is 1. The van der Waals surface area contributed by atoms with Gasteiger partial charge in [-0.3, -0.25) is 10.0 Å². The van der Waals surface area contributed by atoms with E-state index in [9.17, 15) is 13.2 Å². The number of rotatable bonds is 2. The number of nitrogens with zero attached hydrogens (tertiary/aromatic N) is 1. The van der Waals surface area contributed by atoms with E-state index in [2.05, 4.69) is 4.98 Å². The van der Waals surface area contributed by atoms with E-state index in [1.165, 1.54) is 0 Å². The zero-order valence-corrected chi connectivity index (χ0v) is 7.58. The molecule has 1 rings (SSSR count). The Morgan fingerprint density at radius 1 is 1.46 bits per heavy atom. The highest BCUT2D eigenvalue weighted by molar-refractivity contribution is 7.89. The molecular weight excluding hydrogens is 196 g/mol. The van der Waals surface area contributed by atoms with Crippen molar-refractivity contribution in [2.45, 2.75) is 4.90 Å². The van der Waals surface area contributed by atoms with Gasteiger partial charge in [-0.2, -0.15) is 0 Å². The molecule has 0 aliphatic carbocycles. The maximum absolute atomic E-state index is 11.2. The Bertz CT molecular complexity index is 427. The van der Waals surface area contributed by atoms with Gasteiger partial charge in [0, 0.05) is 19.3 Å². The molecule has 0 radical (unpaired) electrons. The number of hydroxylamine groups is 1. The van der Waals surface area contributed by atoms with Gasteiger partial charge in [0.15, 0.2) is 0 Å². The summed E-state index contributed by atoms with van der Waals surface area (Å²) in [5, 5.41) is 8.76. The van der Waals surface area contributed by atoms with E-state index in [0.29, 0.717) is 0 Å². The molecular formula is C6H8N2O4S. The molecule has 7 heteroatoms. The highest BCUT2D eigenvalue weighted by atomic mass is 32.2. The van der Waals surface area contributed by atoms with Crippen molar-refractivity contribution in [3.63, 3.8) is 0 Å². The van der Waals surface area contributed by atoms with Crippen molar-refractivity contribution in [3.05, 3.63) is 28.7 Å². The Kier molecular flexibility index (Phi) is 2.50. The molecule has 0 amide bonds. The molecule has 1 aromatic rings. The van der Waals surface area contributed by atoms with Crippen LogP contribution in [0, 0.1) is 0 Å². The topological polar surface area (TPSA) is 90.5 Å². The SMILES string of the molecule is CN(O)S(=O)(=O)c1ccc(=O)[nH]c1. The van der Waals surface area contributed by atoms with Crippen LogP contribution in [0.4, 0.5) is 0 Å². The Hall–Kier alpha value is -1.18. The minimum absolute atomic E-state index is 0.0840. The molecule has 0 aromatic carbocycles. The molecule has 0 saturated carbocycles. The Morgan fingerprint density at radius 3 is 2.46 bits per heavy atom. The first kappa shape index (κ1) is 9.90. The number of aromatic nitrogens is 1. The van der Waals surface area contributed by atoms with Gasteiger partial charge in [-0.1, -0.05) is 4.47 Å². The summed E-state index contributed by atoms with van der Waals surface area (Å²) in [4.78, 5) is 12.6. The predicted octanol–water partition coefficient (Wildman–Crippen LogP) is -0.615. The molecule has 2 N–H and O–H groups in total. The lowest BCUT2D eigenvalue weighted by atomic mass is 10.5. The largest absolute Gasteiger partial charge is 0.328 e. The maximum Gasteiger partial charge on any atom is 0.265 e. The van der Waals surface area contributed by atoms with Crippen LogP contribution in [0.5, 0.6) is 0 Å². The first-order chi connectivity index (χ1) is 5.94. The molecule has 0 saturated heterocycles. The number of hydrogen-bond donors (Lipinski definition) is 2. The molecule has 0 aliphatic rings. The molecule has 6 nitrogen and oxygen atoms in total. The first-order valence-corrected chi connectivity index (χ1v) is 4.75.